The Morgan fingerprint density at radius 1 is 1.15 bits per heavy atom. The van der Waals surface area contributed by atoms with E-state index >= 15 is 0 Å². The van der Waals surface area contributed by atoms with E-state index in [1.54, 1.807) is 0 Å². The first-order valence-corrected chi connectivity index (χ1v) is 10.1. The van der Waals surface area contributed by atoms with E-state index in [1.807, 2.05) is 48.3 Å². The van der Waals surface area contributed by atoms with Crippen molar-refractivity contribution in [3.8, 4) is 11.5 Å². The lowest BCUT2D eigenvalue weighted by Gasteiger charge is -2.21. The van der Waals surface area contributed by atoms with Crippen LogP contribution >= 0.6 is 15.9 Å². The molecule has 1 aliphatic heterocycles. The second-order valence-electron chi connectivity index (χ2n) is 7.30. The van der Waals surface area contributed by atoms with Crippen LogP contribution in [0.1, 0.15) is 31.2 Å². The number of halogens is 1. The SMILES string of the molecule is CN(CC(=O)Nc1ccc2c(c1)OC1(CCCC1)O2)Cc1ccccc1Br. The average molecular weight is 431 g/mol. The zero-order chi connectivity index (χ0) is 18.9. The van der Waals surface area contributed by atoms with Gasteiger partial charge in [0.2, 0.25) is 5.91 Å². The van der Waals surface area contributed by atoms with Crippen molar-refractivity contribution in [1.82, 2.24) is 4.90 Å². The highest BCUT2D eigenvalue weighted by atomic mass is 79.9. The molecule has 2 aliphatic rings. The minimum absolute atomic E-state index is 0.0565. The van der Waals surface area contributed by atoms with E-state index in [1.165, 1.54) is 0 Å². The Balaban J connectivity index is 1.34. The van der Waals surface area contributed by atoms with E-state index in [2.05, 4.69) is 27.3 Å². The van der Waals surface area contributed by atoms with Gasteiger partial charge in [-0.1, -0.05) is 34.1 Å². The van der Waals surface area contributed by atoms with Crippen molar-refractivity contribution in [2.75, 3.05) is 18.9 Å². The summed E-state index contributed by atoms with van der Waals surface area (Å²) in [7, 11) is 1.93. The first-order valence-electron chi connectivity index (χ1n) is 9.27. The van der Waals surface area contributed by atoms with Gasteiger partial charge < -0.3 is 14.8 Å². The summed E-state index contributed by atoms with van der Waals surface area (Å²) in [5.74, 6) is 0.949. The van der Waals surface area contributed by atoms with Crippen LogP contribution in [0.2, 0.25) is 0 Å². The van der Waals surface area contributed by atoms with Gasteiger partial charge in [-0.05, 0) is 43.7 Å². The predicted molar refractivity (Wildman–Crippen MR) is 108 cm³/mol. The maximum absolute atomic E-state index is 12.4. The van der Waals surface area contributed by atoms with Gasteiger partial charge in [-0.25, -0.2) is 0 Å². The Bertz CT molecular complexity index is 849. The van der Waals surface area contributed by atoms with Crippen LogP contribution in [0.3, 0.4) is 0 Å². The molecular weight excluding hydrogens is 408 g/mol. The number of hydrogen-bond donors (Lipinski definition) is 1. The molecule has 1 saturated carbocycles. The number of amides is 1. The minimum atomic E-state index is -0.478. The molecule has 4 rings (SSSR count). The van der Waals surface area contributed by atoms with E-state index in [4.69, 9.17) is 9.47 Å². The number of carbonyl (C=O) groups excluding carboxylic acids is 1. The quantitative estimate of drug-likeness (QED) is 0.754. The molecule has 0 radical (unpaired) electrons. The number of nitrogens with zero attached hydrogens (tertiary/aromatic N) is 1. The number of carbonyl (C=O) groups is 1. The Labute approximate surface area is 167 Å². The first-order chi connectivity index (χ1) is 13.0. The number of rotatable bonds is 5. The predicted octanol–water partition coefficient (Wildman–Crippen LogP) is 4.56. The van der Waals surface area contributed by atoms with Crippen LogP contribution in [0.5, 0.6) is 11.5 Å². The highest BCUT2D eigenvalue weighted by molar-refractivity contribution is 9.10. The lowest BCUT2D eigenvalue weighted by Crippen LogP contribution is -2.34. The third-order valence-corrected chi connectivity index (χ3v) is 5.77. The molecule has 2 aromatic rings. The maximum Gasteiger partial charge on any atom is 0.251 e. The largest absolute Gasteiger partial charge is 0.448 e. The van der Waals surface area contributed by atoms with Crippen molar-refractivity contribution in [3.05, 3.63) is 52.5 Å². The van der Waals surface area contributed by atoms with Crippen LogP contribution in [0.15, 0.2) is 46.9 Å². The fraction of sp³-hybridized carbons (Fsp3) is 0.381. The van der Waals surface area contributed by atoms with Gasteiger partial charge in [0.1, 0.15) is 0 Å². The summed E-state index contributed by atoms with van der Waals surface area (Å²) in [6.45, 7) is 0.998. The average Bonchev–Trinajstić information content (AvgIpc) is 3.22. The molecule has 6 heteroatoms. The molecule has 1 amide bonds. The van der Waals surface area contributed by atoms with Gasteiger partial charge in [0.15, 0.2) is 11.5 Å². The normalized spacial score (nSPS) is 16.9. The number of hydrogen-bond acceptors (Lipinski definition) is 4. The molecule has 1 N–H and O–H groups in total. The molecule has 2 aromatic carbocycles. The van der Waals surface area contributed by atoms with Gasteiger partial charge >= 0.3 is 0 Å². The zero-order valence-electron chi connectivity index (χ0n) is 15.3. The molecule has 0 bridgehead atoms. The number of benzene rings is 2. The molecule has 1 fully saturated rings. The second-order valence-corrected chi connectivity index (χ2v) is 8.15. The van der Waals surface area contributed by atoms with Crippen molar-refractivity contribution in [3.63, 3.8) is 0 Å². The Kier molecular flexibility index (Phi) is 5.10. The molecule has 0 atom stereocenters. The van der Waals surface area contributed by atoms with Crippen LogP contribution in [0.25, 0.3) is 0 Å². The summed E-state index contributed by atoms with van der Waals surface area (Å²) in [5.41, 5.74) is 1.88. The lowest BCUT2D eigenvalue weighted by atomic mass is 10.2. The number of anilines is 1. The summed E-state index contributed by atoms with van der Waals surface area (Å²) >= 11 is 3.55. The van der Waals surface area contributed by atoms with E-state index < -0.39 is 5.79 Å². The molecule has 1 spiro atoms. The van der Waals surface area contributed by atoms with Crippen LogP contribution in [-0.4, -0.2) is 30.2 Å². The maximum atomic E-state index is 12.4. The third kappa shape index (κ3) is 4.12. The number of fused-ring (bicyclic) bond motifs is 1. The van der Waals surface area contributed by atoms with Crippen molar-refractivity contribution in [1.29, 1.82) is 0 Å². The lowest BCUT2D eigenvalue weighted by molar-refractivity contribution is -0.117. The van der Waals surface area contributed by atoms with Crippen molar-refractivity contribution in [2.45, 2.75) is 38.0 Å². The van der Waals surface area contributed by atoms with Crippen LogP contribution < -0.4 is 14.8 Å². The number of ether oxygens (including phenoxy) is 2. The zero-order valence-corrected chi connectivity index (χ0v) is 16.9. The molecular formula is C21H23BrN2O3. The van der Waals surface area contributed by atoms with Crippen molar-refractivity contribution >= 4 is 27.5 Å². The minimum Gasteiger partial charge on any atom is -0.448 e. The molecule has 0 saturated heterocycles. The topological polar surface area (TPSA) is 50.8 Å². The monoisotopic (exact) mass is 430 g/mol. The number of nitrogens with one attached hydrogen (secondary N) is 1. The smallest absolute Gasteiger partial charge is 0.251 e. The fourth-order valence-electron chi connectivity index (χ4n) is 3.71. The molecule has 5 nitrogen and oxygen atoms in total. The van der Waals surface area contributed by atoms with E-state index in [9.17, 15) is 4.79 Å². The summed E-state index contributed by atoms with van der Waals surface area (Å²) in [4.78, 5) is 14.4. The molecule has 27 heavy (non-hydrogen) atoms. The molecule has 0 unspecified atom stereocenters. The van der Waals surface area contributed by atoms with Crippen molar-refractivity contribution in [2.24, 2.45) is 0 Å². The summed E-state index contributed by atoms with van der Waals surface area (Å²) in [5, 5.41) is 2.95. The van der Waals surface area contributed by atoms with Gasteiger partial charge in [0.25, 0.3) is 5.79 Å². The Hall–Kier alpha value is -2.05. The summed E-state index contributed by atoms with van der Waals surface area (Å²) in [6, 6.07) is 13.6. The molecule has 1 aliphatic carbocycles. The van der Waals surface area contributed by atoms with E-state index in [-0.39, 0.29) is 5.91 Å². The first kappa shape index (κ1) is 18.3. The highest BCUT2D eigenvalue weighted by Gasteiger charge is 2.44. The van der Waals surface area contributed by atoms with E-state index in [0.717, 1.165) is 52.9 Å². The van der Waals surface area contributed by atoms with Gasteiger partial charge in [0, 0.05) is 35.6 Å². The second kappa shape index (κ2) is 7.52. The van der Waals surface area contributed by atoms with Crippen LogP contribution in [-0.2, 0) is 11.3 Å². The van der Waals surface area contributed by atoms with Gasteiger partial charge in [0.05, 0.1) is 6.54 Å². The van der Waals surface area contributed by atoms with Crippen molar-refractivity contribution < 1.29 is 14.3 Å². The molecule has 0 aromatic heterocycles. The summed E-state index contributed by atoms with van der Waals surface area (Å²) in [6.07, 6.45) is 4.09. The molecule has 1 heterocycles. The fourth-order valence-corrected chi connectivity index (χ4v) is 4.12. The van der Waals surface area contributed by atoms with Crippen LogP contribution in [0.4, 0.5) is 5.69 Å². The standard InChI is InChI=1S/C21H23BrN2O3/c1-24(13-15-6-2-3-7-17(15)22)14-20(25)23-16-8-9-18-19(12-16)27-21(26-18)10-4-5-11-21/h2-3,6-9,12H,4-5,10-11,13-14H2,1H3,(H,23,25). The summed E-state index contributed by atoms with van der Waals surface area (Å²) < 4.78 is 13.1. The highest BCUT2D eigenvalue weighted by Crippen LogP contribution is 2.47. The van der Waals surface area contributed by atoms with Crippen LogP contribution in [0, 0.1) is 0 Å². The van der Waals surface area contributed by atoms with Gasteiger partial charge in [-0.2, -0.15) is 0 Å². The Morgan fingerprint density at radius 3 is 2.67 bits per heavy atom. The third-order valence-electron chi connectivity index (χ3n) is 5.00. The molecule has 142 valence electrons. The van der Waals surface area contributed by atoms with E-state index in [0.29, 0.717) is 13.1 Å². The van der Waals surface area contributed by atoms with Gasteiger partial charge in [-0.15, -0.1) is 0 Å². The Morgan fingerprint density at radius 2 is 1.89 bits per heavy atom. The number of likely N-dealkylation sites (N-methyl/N-ethyl adjacent to an activating group) is 1. The van der Waals surface area contributed by atoms with Gasteiger partial charge in [-0.3, -0.25) is 9.69 Å².